The third-order valence-electron chi connectivity index (χ3n) is 2.86. The molecule has 0 fully saturated rings. The van der Waals surface area contributed by atoms with Crippen LogP contribution in [0, 0.1) is 0 Å². The summed E-state index contributed by atoms with van der Waals surface area (Å²) < 4.78 is 6.43. The predicted octanol–water partition coefficient (Wildman–Crippen LogP) is 2.68. The number of aromatic nitrogens is 2. The van der Waals surface area contributed by atoms with E-state index in [-0.39, 0.29) is 6.04 Å². The van der Waals surface area contributed by atoms with Crippen LogP contribution in [0.4, 0.5) is 0 Å². The molecule has 4 nitrogen and oxygen atoms in total. The van der Waals surface area contributed by atoms with E-state index in [9.17, 15) is 0 Å². The van der Waals surface area contributed by atoms with Crippen molar-refractivity contribution < 1.29 is 4.74 Å². The molecule has 0 aliphatic rings. The molecule has 2 aromatic rings. The van der Waals surface area contributed by atoms with Gasteiger partial charge in [0.2, 0.25) is 0 Å². The van der Waals surface area contributed by atoms with Crippen LogP contribution in [0.2, 0.25) is 0 Å². The fourth-order valence-electron chi connectivity index (χ4n) is 1.93. The van der Waals surface area contributed by atoms with Crippen molar-refractivity contribution in [3.05, 3.63) is 46.5 Å². The van der Waals surface area contributed by atoms with E-state index in [0.29, 0.717) is 0 Å². The van der Waals surface area contributed by atoms with Crippen LogP contribution in [0.1, 0.15) is 17.4 Å². The number of likely N-dealkylation sites (N-methyl/N-ethyl adjacent to an activating group) is 1. The second-order valence-electron chi connectivity index (χ2n) is 3.98. The van der Waals surface area contributed by atoms with Gasteiger partial charge in [0.25, 0.3) is 0 Å². The average molecular weight is 310 g/mol. The maximum atomic E-state index is 5.38. The molecular formula is C13H16BrN3O. The Morgan fingerprint density at radius 3 is 2.94 bits per heavy atom. The van der Waals surface area contributed by atoms with Crippen LogP contribution < -0.4 is 10.1 Å². The Morgan fingerprint density at radius 1 is 1.50 bits per heavy atom. The largest absolute Gasteiger partial charge is 0.496 e. The summed E-state index contributed by atoms with van der Waals surface area (Å²) in [6.45, 7) is 0. The third kappa shape index (κ3) is 2.91. The van der Waals surface area contributed by atoms with Gasteiger partial charge in [-0.3, -0.25) is 0 Å². The highest BCUT2D eigenvalue weighted by molar-refractivity contribution is 9.10. The second-order valence-corrected chi connectivity index (χ2v) is 4.89. The van der Waals surface area contributed by atoms with Gasteiger partial charge in [0.05, 0.1) is 13.2 Å². The van der Waals surface area contributed by atoms with Gasteiger partial charge >= 0.3 is 0 Å². The molecule has 1 aromatic heterocycles. The summed E-state index contributed by atoms with van der Waals surface area (Å²) in [6.07, 6.45) is 4.41. The summed E-state index contributed by atoms with van der Waals surface area (Å²) in [4.78, 5) is 7.43. The Labute approximate surface area is 115 Å². The smallest absolute Gasteiger partial charge is 0.123 e. The number of halogens is 1. The standard InChI is InChI=1S/C13H16BrN3O/c1-15-11(13-16-5-6-17-13)8-9-7-10(14)3-4-12(9)18-2/h3-7,11,15H,8H2,1-2H3,(H,16,17). The molecule has 96 valence electrons. The van der Waals surface area contributed by atoms with Crippen molar-refractivity contribution in [3.63, 3.8) is 0 Å². The number of H-pyrrole nitrogens is 1. The highest BCUT2D eigenvalue weighted by Crippen LogP contribution is 2.26. The van der Waals surface area contributed by atoms with Crippen LogP contribution in [0.15, 0.2) is 35.1 Å². The lowest BCUT2D eigenvalue weighted by molar-refractivity contribution is 0.405. The monoisotopic (exact) mass is 309 g/mol. The van der Waals surface area contributed by atoms with E-state index in [1.54, 1.807) is 13.3 Å². The van der Waals surface area contributed by atoms with Crippen molar-refractivity contribution in [1.29, 1.82) is 0 Å². The summed E-state index contributed by atoms with van der Waals surface area (Å²) in [6, 6.07) is 6.16. The van der Waals surface area contributed by atoms with E-state index in [0.717, 1.165) is 28.0 Å². The van der Waals surface area contributed by atoms with E-state index in [4.69, 9.17) is 4.74 Å². The fourth-order valence-corrected chi connectivity index (χ4v) is 2.34. The lowest BCUT2D eigenvalue weighted by Gasteiger charge is -2.16. The minimum Gasteiger partial charge on any atom is -0.496 e. The van der Waals surface area contributed by atoms with E-state index in [1.165, 1.54) is 0 Å². The molecule has 0 saturated carbocycles. The number of imidazole rings is 1. The zero-order valence-corrected chi connectivity index (χ0v) is 12.0. The SMILES string of the molecule is CNC(Cc1cc(Br)ccc1OC)c1ncc[nH]1. The number of hydrogen-bond donors (Lipinski definition) is 2. The van der Waals surface area contributed by atoms with Gasteiger partial charge < -0.3 is 15.0 Å². The van der Waals surface area contributed by atoms with Crippen LogP contribution in [0.3, 0.4) is 0 Å². The van der Waals surface area contributed by atoms with Crippen LogP contribution in [-0.4, -0.2) is 24.1 Å². The van der Waals surface area contributed by atoms with E-state index in [2.05, 4.69) is 37.3 Å². The molecule has 5 heteroatoms. The van der Waals surface area contributed by atoms with Crippen LogP contribution >= 0.6 is 15.9 Å². The minimum atomic E-state index is 0.142. The van der Waals surface area contributed by atoms with Crippen molar-refractivity contribution >= 4 is 15.9 Å². The van der Waals surface area contributed by atoms with Gasteiger partial charge in [0.1, 0.15) is 11.6 Å². The van der Waals surface area contributed by atoms with Crippen molar-refractivity contribution in [2.45, 2.75) is 12.5 Å². The lowest BCUT2D eigenvalue weighted by Crippen LogP contribution is -2.20. The van der Waals surface area contributed by atoms with Crippen LogP contribution in [0.5, 0.6) is 5.75 Å². The number of nitrogens with zero attached hydrogens (tertiary/aromatic N) is 1. The topological polar surface area (TPSA) is 49.9 Å². The molecule has 2 N–H and O–H groups in total. The number of benzene rings is 1. The highest BCUT2D eigenvalue weighted by Gasteiger charge is 2.15. The van der Waals surface area contributed by atoms with E-state index in [1.807, 2.05) is 25.4 Å². The van der Waals surface area contributed by atoms with Crippen molar-refractivity contribution in [3.8, 4) is 5.75 Å². The summed E-state index contributed by atoms with van der Waals surface area (Å²) >= 11 is 3.49. The van der Waals surface area contributed by atoms with Gasteiger partial charge in [-0.15, -0.1) is 0 Å². The van der Waals surface area contributed by atoms with Crippen LogP contribution in [-0.2, 0) is 6.42 Å². The molecule has 18 heavy (non-hydrogen) atoms. The first-order chi connectivity index (χ1) is 8.74. The first kappa shape index (κ1) is 13.1. The number of hydrogen-bond acceptors (Lipinski definition) is 3. The van der Waals surface area contributed by atoms with Gasteiger partial charge in [0.15, 0.2) is 0 Å². The quantitative estimate of drug-likeness (QED) is 0.893. The second kappa shape index (κ2) is 6.02. The molecule has 0 aliphatic carbocycles. The molecule has 1 unspecified atom stereocenters. The minimum absolute atomic E-state index is 0.142. The molecule has 1 atom stereocenters. The number of nitrogens with one attached hydrogen (secondary N) is 2. The average Bonchev–Trinajstić information content (AvgIpc) is 2.90. The number of rotatable bonds is 5. The molecule has 0 spiro atoms. The molecule has 0 bridgehead atoms. The number of ether oxygens (including phenoxy) is 1. The summed E-state index contributed by atoms with van der Waals surface area (Å²) in [5.74, 6) is 1.82. The van der Waals surface area contributed by atoms with Crippen molar-refractivity contribution in [2.24, 2.45) is 0 Å². The zero-order valence-electron chi connectivity index (χ0n) is 10.4. The molecule has 2 rings (SSSR count). The molecule has 0 saturated heterocycles. The van der Waals surface area contributed by atoms with Gasteiger partial charge in [-0.1, -0.05) is 15.9 Å². The van der Waals surface area contributed by atoms with Crippen molar-refractivity contribution in [1.82, 2.24) is 15.3 Å². The maximum Gasteiger partial charge on any atom is 0.123 e. The number of methoxy groups -OCH3 is 1. The molecule has 1 aromatic carbocycles. The Balaban J connectivity index is 2.24. The Bertz CT molecular complexity index is 499. The third-order valence-corrected chi connectivity index (χ3v) is 3.36. The Kier molecular flexibility index (Phi) is 4.38. The fraction of sp³-hybridized carbons (Fsp3) is 0.308. The molecule has 1 heterocycles. The van der Waals surface area contributed by atoms with Crippen LogP contribution in [0.25, 0.3) is 0 Å². The highest BCUT2D eigenvalue weighted by atomic mass is 79.9. The van der Waals surface area contributed by atoms with E-state index < -0.39 is 0 Å². The Morgan fingerprint density at radius 2 is 2.33 bits per heavy atom. The van der Waals surface area contributed by atoms with Gasteiger partial charge in [-0.05, 0) is 37.2 Å². The lowest BCUT2D eigenvalue weighted by atomic mass is 10.0. The van der Waals surface area contributed by atoms with Gasteiger partial charge in [-0.25, -0.2) is 4.98 Å². The molecule has 0 amide bonds. The number of aromatic amines is 1. The van der Waals surface area contributed by atoms with Crippen molar-refractivity contribution in [2.75, 3.05) is 14.2 Å². The van der Waals surface area contributed by atoms with E-state index >= 15 is 0 Å². The predicted molar refractivity (Wildman–Crippen MR) is 74.8 cm³/mol. The summed E-state index contributed by atoms with van der Waals surface area (Å²) in [7, 11) is 3.62. The normalized spacial score (nSPS) is 12.4. The summed E-state index contributed by atoms with van der Waals surface area (Å²) in [5, 5.41) is 3.26. The summed E-state index contributed by atoms with van der Waals surface area (Å²) in [5.41, 5.74) is 1.14. The zero-order chi connectivity index (χ0) is 13.0. The van der Waals surface area contributed by atoms with Gasteiger partial charge in [-0.2, -0.15) is 0 Å². The first-order valence-corrected chi connectivity index (χ1v) is 6.53. The Hall–Kier alpha value is -1.33. The maximum absolute atomic E-state index is 5.38. The van der Waals surface area contributed by atoms with Gasteiger partial charge in [0, 0.05) is 16.9 Å². The molecular weight excluding hydrogens is 294 g/mol. The first-order valence-electron chi connectivity index (χ1n) is 5.73. The molecule has 0 radical (unpaired) electrons. The molecule has 0 aliphatic heterocycles.